The molecule has 3 rings (SSSR count). The zero-order valence-corrected chi connectivity index (χ0v) is 14.1. The Bertz CT molecular complexity index is 657. The van der Waals surface area contributed by atoms with Gasteiger partial charge in [0, 0.05) is 25.2 Å². The van der Waals surface area contributed by atoms with Crippen LogP contribution in [0, 0.1) is 0 Å². The van der Waals surface area contributed by atoms with Crippen molar-refractivity contribution >= 4 is 0 Å². The van der Waals surface area contributed by atoms with E-state index < -0.39 is 0 Å². The van der Waals surface area contributed by atoms with Crippen LogP contribution in [0.4, 0.5) is 0 Å². The second kappa shape index (κ2) is 7.50. The third-order valence-electron chi connectivity index (χ3n) is 3.90. The summed E-state index contributed by atoms with van der Waals surface area (Å²) in [5.41, 5.74) is 1.42. The molecule has 0 bridgehead atoms. The van der Waals surface area contributed by atoms with Crippen molar-refractivity contribution in [1.29, 1.82) is 0 Å². The largest absolute Gasteiger partial charge is 0.496 e. The van der Waals surface area contributed by atoms with E-state index in [4.69, 9.17) is 18.9 Å². The third-order valence-corrected chi connectivity index (χ3v) is 3.90. The minimum absolute atomic E-state index is 0.0907. The van der Waals surface area contributed by atoms with Crippen LogP contribution in [0.25, 0.3) is 11.3 Å². The molecule has 1 aromatic heterocycles. The molecule has 0 aliphatic carbocycles. The van der Waals surface area contributed by atoms with E-state index in [-0.39, 0.29) is 6.10 Å². The Labute approximate surface area is 140 Å². The maximum atomic E-state index is 5.70. The molecule has 0 amide bonds. The van der Waals surface area contributed by atoms with Crippen molar-refractivity contribution in [1.82, 2.24) is 20.3 Å². The van der Waals surface area contributed by atoms with Gasteiger partial charge in [0.2, 0.25) is 0 Å². The molecule has 1 saturated heterocycles. The Hall–Kier alpha value is -2.32. The van der Waals surface area contributed by atoms with Crippen LogP contribution < -0.4 is 19.5 Å². The van der Waals surface area contributed by atoms with Crippen molar-refractivity contribution in [2.45, 2.75) is 12.6 Å². The Morgan fingerprint density at radius 1 is 1.21 bits per heavy atom. The summed E-state index contributed by atoms with van der Waals surface area (Å²) in [6.45, 7) is 3.05. The summed E-state index contributed by atoms with van der Waals surface area (Å²) in [7, 11) is 4.80. The number of hydrogen-bond acceptors (Lipinski definition) is 7. The molecular weight excluding hydrogens is 312 g/mol. The Morgan fingerprint density at radius 2 is 1.96 bits per heavy atom. The predicted molar refractivity (Wildman–Crippen MR) is 87.7 cm³/mol. The minimum atomic E-state index is 0.0907. The molecule has 0 spiro atoms. The predicted octanol–water partition coefficient (Wildman–Crippen LogP) is 0.959. The van der Waals surface area contributed by atoms with E-state index in [1.54, 1.807) is 38.1 Å². The molecule has 130 valence electrons. The number of nitrogens with one attached hydrogen (secondary N) is 1. The number of morpholine rings is 1. The van der Waals surface area contributed by atoms with Crippen molar-refractivity contribution in [2.75, 3.05) is 41.0 Å². The monoisotopic (exact) mass is 334 g/mol. The van der Waals surface area contributed by atoms with E-state index in [1.807, 2.05) is 6.20 Å². The fourth-order valence-electron chi connectivity index (χ4n) is 2.71. The van der Waals surface area contributed by atoms with Gasteiger partial charge in [0.15, 0.2) is 0 Å². The lowest BCUT2D eigenvalue weighted by Crippen LogP contribution is -2.40. The van der Waals surface area contributed by atoms with E-state index in [0.717, 1.165) is 18.7 Å². The summed E-state index contributed by atoms with van der Waals surface area (Å²) < 4.78 is 23.7. The molecule has 1 atom stereocenters. The molecule has 0 saturated carbocycles. The Morgan fingerprint density at radius 3 is 2.54 bits per heavy atom. The Kier molecular flexibility index (Phi) is 5.17. The number of hydrogen-bond donors (Lipinski definition) is 1. The van der Waals surface area contributed by atoms with Crippen molar-refractivity contribution in [2.24, 2.45) is 0 Å². The molecule has 1 fully saturated rings. The van der Waals surface area contributed by atoms with E-state index >= 15 is 0 Å². The highest BCUT2D eigenvalue weighted by molar-refractivity contribution is 5.75. The molecule has 1 aliphatic rings. The first-order chi connectivity index (χ1) is 11.7. The fourth-order valence-corrected chi connectivity index (χ4v) is 2.71. The molecule has 1 aromatic carbocycles. The standard InChI is InChI=1S/C16H22N4O4/c1-21-11-6-14(22-2)16(15(7-11)23-3)13-10-20(19-18-13)9-12-8-17-4-5-24-12/h6-7,10,12,17H,4-5,8-9H2,1-3H3/t12-/m1/s1. The van der Waals surface area contributed by atoms with Gasteiger partial charge < -0.3 is 24.3 Å². The lowest BCUT2D eigenvalue weighted by atomic mass is 10.1. The average Bonchev–Trinajstić information content (AvgIpc) is 3.09. The van der Waals surface area contributed by atoms with E-state index in [9.17, 15) is 0 Å². The van der Waals surface area contributed by atoms with Gasteiger partial charge in [0.05, 0.1) is 52.3 Å². The van der Waals surface area contributed by atoms with Gasteiger partial charge in [0.25, 0.3) is 0 Å². The van der Waals surface area contributed by atoms with Crippen molar-refractivity contribution < 1.29 is 18.9 Å². The molecule has 2 aromatic rings. The van der Waals surface area contributed by atoms with Crippen LogP contribution in [0.5, 0.6) is 17.2 Å². The van der Waals surface area contributed by atoms with Gasteiger partial charge in [-0.3, -0.25) is 0 Å². The highest BCUT2D eigenvalue weighted by Crippen LogP contribution is 2.40. The molecule has 2 heterocycles. The van der Waals surface area contributed by atoms with Crippen LogP contribution in [0.2, 0.25) is 0 Å². The van der Waals surface area contributed by atoms with Crippen LogP contribution in [-0.2, 0) is 11.3 Å². The molecule has 0 radical (unpaired) electrons. The van der Waals surface area contributed by atoms with Crippen LogP contribution in [-0.4, -0.2) is 62.1 Å². The Balaban J connectivity index is 1.88. The number of benzene rings is 1. The summed E-state index contributed by atoms with van der Waals surface area (Å²) in [6, 6.07) is 3.59. The van der Waals surface area contributed by atoms with Gasteiger partial charge in [0.1, 0.15) is 22.9 Å². The first-order valence-corrected chi connectivity index (χ1v) is 7.78. The maximum absolute atomic E-state index is 5.70. The van der Waals surface area contributed by atoms with Gasteiger partial charge in [-0.1, -0.05) is 5.21 Å². The lowest BCUT2D eigenvalue weighted by Gasteiger charge is -2.23. The smallest absolute Gasteiger partial charge is 0.135 e. The first kappa shape index (κ1) is 16.5. The zero-order chi connectivity index (χ0) is 16.9. The van der Waals surface area contributed by atoms with Crippen LogP contribution in [0.15, 0.2) is 18.3 Å². The van der Waals surface area contributed by atoms with E-state index in [2.05, 4.69) is 15.6 Å². The molecule has 1 aliphatic heterocycles. The van der Waals surface area contributed by atoms with Crippen molar-refractivity contribution in [3.63, 3.8) is 0 Å². The summed E-state index contributed by atoms with van der Waals surface area (Å²) in [6.07, 6.45) is 1.96. The van der Waals surface area contributed by atoms with Gasteiger partial charge in [-0.15, -0.1) is 5.10 Å². The molecule has 8 nitrogen and oxygen atoms in total. The number of aromatic nitrogens is 3. The maximum Gasteiger partial charge on any atom is 0.135 e. The van der Waals surface area contributed by atoms with Gasteiger partial charge in [-0.2, -0.15) is 0 Å². The van der Waals surface area contributed by atoms with Crippen molar-refractivity contribution in [3.8, 4) is 28.5 Å². The fraction of sp³-hybridized carbons (Fsp3) is 0.500. The highest BCUT2D eigenvalue weighted by Gasteiger charge is 2.20. The summed E-state index contributed by atoms with van der Waals surface area (Å²) in [5.74, 6) is 1.89. The molecule has 1 N–H and O–H groups in total. The van der Waals surface area contributed by atoms with E-state index in [1.165, 1.54) is 0 Å². The number of nitrogens with zero attached hydrogens (tertiary/aromatic N) is 3. The minimum Gasteiger partial charge on any atom is -0.496 e. The summed E-state index contributed by atoms with van der Waals surface area (Å²) >= 11 is 0. The van der Waals surface area contributed by atoms with Gasteiger partial charge in [-0.05, 0) is 0 Å². The second-order valence-electron chi connectivity index (χ2n) is 5.43. The summed E-state index contributed by atoms with van der Waals surface area (Å²) in [5, 5.41) is 11.8. The number of methoxy groups -OCH3 is 3. The normalized spacial score (nSPS) is 17.5. The van der Waals surface area contributed by atoms with Gasteiger partial charge in [-0.25, -0.2) is 4.68 Å². The molecular formula is C16H22N4O4. The number of ether oxygens (including phenoxy) is 4. The molecule has 8 heteroatoms. The molecule has 0 unspecified atom stereocenters. The second-order valence-corrected chi connectivity index (χ2v) is 5.43. The molecule has 24 heavy (non-hydrogen) atoms. The average molecular weight is 334 g/mol. The van der Waals surface area contributed by atoms with Crippen LogP contribution in [0.1, 0.15) is 0 Å². The van der Waals surface area contributed by atoms with E-state index in [0.29, 0.717) is 36.1 Å². The summed E-state index contributed by atoms with van der Waals surface area (Å²) in [4.78, 5) is 0. The topological polar surface area (TPSA) is 79.7 Å². The van der Waals surface area contributed by atoms with Crippen LogP contribution in [0.3, 0.4) is 0 Å². The van der Waals surface area contributed by atoms with Gasteiger partial charge >= 0.3 is 0 Å². The van der Waals surface area contributed by atoms with Crippen LogP contribution >= 0.6 is 0 Å². The quantitative estimate of drug-likeness (QED) is 0.843. The first-order valence-electron chi connectivity index (χ1n) is 7.78. The SMILES string of the molecule is COc1cc(OC)c(-c2cn(C[C@H]3CNCCO3)nn2)c(OC)c1. The highest BCUT2D eigenvalue weighted by atomic mass is 16.5. The third kappa shape index (κ3) is 3.44. The zero-order valence-electron chi connectivity index (χ0n) is 14.1. The number of rotatable bonds is 6. The van der Waals surface area contributed by atoms with Crippen molar-refractivity contribution in [3.05, 3.63) is 18.3 Å². The lowest BCUT2D eigenvalue weighted by molar-refractivity contribution is 0.0158.